The van der Waals surface area contributed by atoms with Gasteiger partial charge < -0.3 is 14.8 Å². The van der Waals surface area contributed by atoms with Gasteiger partial charge in [-0.2, -0.15) is 0 Å². The second-order valence-electron chi connectivity index (χ2n) is 5.74. The topological polar surface area (TPSA) is 64.6 Å². The number of para-hydroxylation sites is 1. The summed E-state index contributed by atoms with van der Waals surface area (Å²) < 4.78 is 24.3. The third-order valence-electron chi connectivity index (χ3n) is 3.51. The van der Waals surface area contributed by atoms with E-state index in [1.165, 1.54) is 20.1 Å². The van der Waals surface area contributed by atoms with Crippen LogP contribution in [0.5, 0.6) is 5.75 Å². The zero-order valence-corrected chi connectivity index (χ0v) is 14.6. The molecular formula is C19H20FNO4. The first-order valence-corrected chi connectivity index (χ1v) is 7.79. The van der Waals surface area contributed by atoms with Crippen molar-refractivity contribution in [3.63, 3.8) is 0 Å². The molecule has 1 N–H and O–H groups in total. The maximum absolute atomic E-state index is 14.1. The van der Waals surface area contributed by atoms with Crippen molar-refractivity contribution in [1.29, 1.82) is 0 Å². The number of rotatable bonds is 5. The molecular weight excluding hydrogens is 325 g/mol. The average molecular weight is 345 g/mol. The molecule has 0 bridgehead atoms. The lowest BCUT2D eigenvalue weighted by Gasteiger charge is -2.15. The predicted molar refractivity (Wildman–Crippen MR) is 92.6 cm³/mol. The Morgan fingerprint density at radius 1 is 1.16 bits per heavy atom. The summed E-state index contributed by atoms with van der Waals surface area (Å²) in [5, 5.41) is 2.63. The van der Waals surface area contributed by atoms with Gasteiger partial charge in [-0.05, 0) is 45.0 Å². The van der Waals surface area contributed by atoms with E-state index in [-0.39, 0.29) is 22.9 Å². The maximum Gasteiger partial charge on any atom is 0.338 e. The van der Waals surface area contributed by atoms with E-state index >= 15 is 0 Å². The third kappa shape index (κ3) is 4.35. The number of methoxy groups -OCH3 is 1. The normalized spacial score (nSPS) is 10.5. The lowest BCUT2D eigenvalue weighted by Crippen LogP contribution is -2.17. The van der Waals surface area contributed by atoms with E-state index in [0.717, 1.165) is 6.07 Å². The highest BCUT2D eigenvalue weighted by Gasteiger charge is 2.17. The molecule has 132 valence electrons. The van der Waals surface area contributed by atoms with E-state index < -0.39 is 17.7 Å². The van der Waals surface area contributed by atoms with Crippen LogP contribution in [0.2, 0.25) is 0 Å². The molecule has 0 aromatic heterocycles. The number of carbonyl (C=O) groups excluding carboxylic acids is 2. The molecule has 0 aliphatic heterocycles. The van der Waals surface area contributed by atoms with Crippen LogP contribution >= 0.6 is 0 Å². The number of hydrogen-bond acceptors (Lipinski definition) is 4. The van der Waals surface area contributed by atoms with E-state index in [1.807, 2.05) is 13.8 Å². The molecule has 25 heavy (non-hydrogen) atoms. The van der Waals surface area contributed by atoms with Crippen LogP contribution in [-0.4, -0.2) is 25.1 Å². The summed E-state index contributed by atoms with van der Waals surface area (Å²) in [7, 11) is 1.21. The smallest absolute Gasteiger partial charge is 0.338 e. The molecule has 6 heteroatoms. The minimum atomic E-state index is -0.682. The van der Waals surface area contributed by atoms with Crippen LogP contribution in [-0.2, 0) is 4.74 Å². The van der Waals surface area contributed by atoms with Gasteiger partial charge in [0, 0.05) is 11.3 Å². The molecule has 0 saturated heterocycles. The van der Waals surface area contributed by atoms with Crippen LogP contribution in [0, 0.1) is 12.7 Å². The van der Waals surface area contributed by atoms with Gasteiger partial charge in [0.1, 0.15) is 11.6 Å². The highest BCUT2D eigenvalue weighted by atomic mass is 19.1. The molecule has 1 amide bonds. The van der Waals surface area contributed by atoms with Gasteiger partial charge in [0.15, 0.2) is 0 Å². The fraction of sp³-hybridized carbons (Fsp3) is 0.263. The first-order chi connectivity index (χ1) is 11.8. The van der Waals surface area contributed by atoms with Gasteiger partial charge in [-0.1, -0.05) is 12.1 Å². The first kappa shape index (κ1) is 18.4. The molecule has 2 rings (SSSR count). The average Bonchev–Trinajstić information content (AvgIpc) is 2.57. The lowest BCUT2D eigenvalue weighted by molar-refractivity contribution is 0.0600. The number of amides is 1. The Kier molecular flexibility index (Phi) is 5.75. The molecule has 0 atom stereocenters. The molecule has 2 aromatic rings. The lowest BCUT2D eigenvalue weighted by atomic mass is 10.1. The summed E-state index contributed by atoms with van der Waals surface area (Å²) in [6.45, 7) is 5.23. The van der Waals surface area contributed by atoms with Crippen LogP contribution in [0.15, 0.2) is 36.4 Å². The maximum atomic E-state index is 14.1. The van der Waals surface area contributed by atoms with E-state index in [9.17, 15) is 14.0 Å². The highest BCUT2D eigenvalue weighted by Crippen LogP contribution is 2.25. The van der Waals surface area contributed by atoms with Crippen molar-refractivity contribution in [1.82, 2.24) is 0 Å². The summed E-state index contributed by atoms with van der Waals surface area (Å²) in [6.07, 6.45) is -0.101. The predicted octanol–water partition coefficient (Wildman–Crippen LogP) is 3.96. The van der Waals surface area contributed by atoms with Gasteiger partial charge in [0.2, 0.25) is 0 Å². The Bertz CT molecular complexity index is 802. The third-order valence-corrected chi connectivity index (χ3v) is 3.51. The molecule has 0 fully saturated rings. The molecule has 2 aromatic carbocycles. The second kappa shape index (κ2) is 7.79. The zero-order chi connectivity index (χ0) is 18.6. The second-order valence-corrected chi connectivity index (χ2v) is 5.74. The van der Waals surface area contributed by atoms with E-state index in [1.54, 1.807) is 24.3 Å². The Labute approximate surface area is 145 Å². The number of halogens is 1. The van der Waals surface area contributed by atoms with E-state index in [2.05, 4.69) is 10.1 Å². The number of anilines is 1. The number of carbonyl (C=O) groups is 2. The SMILES string of the molecule is COC(=O)c1cc(F)c(C)c(NC(=O)c2ccccc2OC(C)C)c1. The van der Waals surface area contributed by atoms with Gasteiger partial charge in [-0.3, -0.25) is 4.79 Å². The Hall–Kier alpha value is -2.89. The zero-order valence-electron chi connectivity index (χ0n) is 14.6. The monoisotopic (exact) mass is 345 g/mol. The molecule has 0 aliphatic carbocycles. The quantitative estimate of drug-likeness (QED) is 0.833. The summed E-state index contributed by atoms with van der Waals surface area (Å²) in [6, 6.07) is 9.23. The molecule has 0 heterocycles. The van der Waals surface area contributed by atoms with Gasteiger partial charge in [-0.15, -0.1) is 0 Å². The van der Waals surface area contributed by atoms with Gasteiger partial charge >= 0.3 is 5.97 Å². The van der Waals surface area contributed by atoms with Crippen LogP contribution in [0.3, 0.4) is 0 Å². The number of benzene rings is 2. The molecule has 0 radical (unpaired) electrons. The van der Waals surface area contributed by atoms with Crippen molar-refractivity contribution in [3.05, 3.63) is 58.9 Å². The van der Waals surface area contributed by atoms with Gasteiger partial charge in [0.25, 0.3) is 5.91 Å². The van der Waals surface area contributed by atoms with Crippen LogP contribution in [0.25, 0.3) is 0 Å². The molecule has 0 saturated carbocycles. The van der Waals surface area contributed by atoms with Crippen molar-refractivity contribution in [2.24, 2.45) is 0 Å². The minimum absolute atomic E-state index is 0.0209. The molecule has 0 unspecified atom stereocenters. The van der Waals surface area contributed by atoms with E-state index in [4.69, 9.17) is 4.74 Å². The number of nitrogens with one attached hydrogen (secondary N) is 1. The van der Waals surface area contributed by atoms with Crippen molar-refractivity contribution in [2.45, 2.75) is 26.9 Å². The summed E-state index contributed by atoms with van der Waals surface area (Å²) in [4.78, 5) is 24.2. The largest absolute Gasteiger partial charge is 0.490 e. The van der Waals surface area contributed by atoms with Crippen LogP contribution in [0.1, 0.15) is 40.1 Å². The number of ether oxygens (including phenoxy) is 2. The van der Waals surface area contributed by atoms with Gasteiger partial charge in [0.05, 0.1) is 24.3 Å². The van der Waals surface area contributed by atoms with Crippen LogP contribution < -0.4 is 10.1 Å². The van der Waals surface area contributed by atoms with Crippen molar-refractivity contribution < 1.29 is 23.5 Å². The van der Waals surface area contributed by atoms with E-state index in [0.29, 0.717) is 11.3 Å². The van der Waals surface area contributed by atoms with Gasteiger partial charge in [-0.25, -0.2) is 9.18 Å². The Morgan fingerprint density at radius 2 is 1.84 bits per heavy atom. The Morgan fingerprint density at radius 3 is 2.48 bits per heavy atom. The molecule has 0 spiro atoms. The first-order valence-electron chi connectivity index (χ1n) is 7.79. The number of esters is 1. The summed E-state index contributed by atoms with van der Waals surface area (Å²) in [5.74, 6) is -1.32. The fourth-order valence-corrected chi connectivity index (χ4v) is 2.24. The summed E-state index contributed by atoms with van der Waals surface area (Å²) in [5.41, 5.74) is 0.764. The van der Waals surface area contributed by atoms with Crippen molar-refractivity contribution in [3.8, 4) is 5.75 Å². The summed E-state index contributed by atoms with van der Waals surface area (Å²) >= 11 is 0. The number of hydrogen-bond donors (Lipinski definition) is 1. The minimum Gasteiger partial charge on any atom is -0.490 e. The molecule has 5 nitrogen and oxygen atoms in total. The standard InChI is InChI=1S/C19H20FNO4/c1-11(2)25-17-8-6-5-7-14(17)18(22)21-16-10-13(19(23)24-4)9-15(20)12(16)3/h5-11H,1-4H3,(H,21,22). The van der Waals surface area contributed by atoms with Crippen molar-refractivity contribution >= 4 is 17.6 Å². The Balaban J connectivity index is 2.35. The van der Waals surface area contributed by atoms with Crippen molar-refractivity contribution in [2.75, 3.05) is 12.4 Å². The molecule has 0 aliphatic rings. The fourth-order valence-electron chi connectivity index (χ4n) is 2.24. The highest BCUT2D eigenvalue weighted by molar-refractivity contribution is 6.07. The van der Waals surface area contributed by atoms with Crippen LogP contribution in [0.4, 0.5) is 10.1 Å².